The predicted octanol–water partition coefficient (Wildman–Crippen LogP) is 3.81. The smallest absolute Gasteiger partial charge is 0.352 e. The molecule has 0 spiro atoms. The standard InChI is InChI=1S/C16H10ClF5N2O2/c17-8-1-7(4-23-5-8)6-24-11-3-9(18)2-10(13(25)14(19)20)12(11)16(21,22)15(24)26/h1-5,13-14,25H,6H2. The molecule has 138 valence electrons. The van der Waals surface area contributed by atoms with E-state index in [1.54, 1.807) is 0 Å². The molecule has 0 radical (unpaired) electrons. The summed E-state index contributed by atoms with van der Waals surface area (Å²) in [7, 11) is 0. The molecule has 1 aromatic heterocycles. The number of pyridine rings is 1. The molecule has 0 saturated carbocycles. The third kappa shape index (κ3) is 3.01. The van der Waals surface area contributed by atoms with Crippen LogP contribution in [0.1, 0.15) is 22.8 Å². The molecule has 0 aliphatic carbocycles. The minimum absolute atomic E-state index is 0.189. The van der Waals surface area contributed by atoms with E-state index in [-0.39, 0.29) is 10.6 Å². The maximum absolute atomic E-state index is 14.5. The SMILES string of the molecule is O=C1N(Cc2cncc(Cl)c2)c2cc(F)cc(C(O)C(F)F)c2C1(F)F. The Morgan fingerprint density at radius 3 is 2.54 bits per heavy atom. The van der Waals surface area contributed by atoms with Gasteiger partial charge in [-0.25, -0.2) is 13.2 Å². The predicted molar refractivity (Wildman–Crippen MR) is 81.7 cm³/mol. The number of nitrogens with zero attached hydrogens (tertiary/aromatic N) is 2. The van der Waals surface area contributed by atoms with Crippen LogP contribution in [0.3, 0.4) is 0 Å². The summed E-state index contributed by atoms with van der Waals surface area (Å²) in [5.41, 5.74) is -2.48. The Morgan fingerprint density at radius 1 is 1.23 bits per heavy atom. The van der Waals surface area contributed by atoms with E-state index >= 15 is 0 Å². The quantitative estimate of drug-likeness (QED) is 0.805. The van der Waals surface area contributed by atoms with Crippen LogP contribution < -0.4 is 4.90 Å². The molecule has 0 bridgehead atoms. The van der Waals surface area contributed by atoms with Crippen molar-refractivity contribution in [3.63, 3.8) is 0 Å². The first-order chi connectivity index (χ1) is 12.1. The number of carbonyl (C=O) groups is 1. The van der Waals surface area contributed by atoms with Gasteiger partial charge < -0.3 is 10.0 Å². The van der Waals surface area contributed by atoms with Crippen LogP contribution in [-0.2, 0) is 17.3 Å². The van der Waals surface area contributed by atoms with E-state index < -0.39 is 53.5 Å². The van der Waals surface area contributed by atoms with Crippen LogP contribution in [-0.4, -0.2) is 22.4 Å². The van der Waals surface area contributed by atoms with Crippen molar-refractivity contribution in [3.05, 3.63) is 58.1 Å². The summed E-state index contributed by atoms with van der Waals surface area (Å²) in [5.74, 6) is -7.06. The van der Waals surface area contributed by atoms with Crippen molar-refractivity contribution in [2.75, 3.05) is 4.90 Å². The Labute approximate surface area is 148 Å². The Bertz CT molecular complexity index is 878. The van der Waals surface area contributed by atoms with Gasteiger partial charge in [-0.3, -0.25) is 9.78 Å². The second-order valence-corrected chi connectivity index (χ2v) is 6.08. The lowest BCUT2D eigenvalue weighted by atomic mass is 9.97. The van der Waals surface area contributed by atoms with Gasteiger partial charge in [-0.1, -0.05) is 11.6 Å². The number of benzene rings is 1. The number of aromatic nitrogens is 1. The third-order valence-electron chi connectivity index (χ3n) is 3.89. The number of aliphatic hydroxyl groups is 1. The number of alkyl halides is 4. The van der Waals surface area contributed by atoms with Gasteiger partial charge in [-0.05, 0) is 23.8 Å². The molecule has 1 aliphatic heterocycles. The van der Waals surface area contributed by atoms with Gasteiger partial charge in [0.05, 0.1) is 22.8 Å². The number of aliphatic hydroxyl groups excluding tert-OH is 1. The van der Waals surface area contributed by atoms with E-state index in [1.807, 2.05) is 0 Å². The van der Waals surface area contributed by atoms with E-state index in [0.717, 1.165) is 0 Å². The van der Waals surface area contributed by atoms with Crippen LogP contribution in [0.4, 0.5) is 27.6 Å². The average Bonchev–Trinajstić information content (AvgIpc) is 2.74. The monoisotopic (exact) mass is 392 g/mol. The lowest BCUT2D eigenvalue weighted by Gasteiger charge is -2.18. The zero-order chi connectivity index (χ0) is 19.2. The van der Waals surface area contributed by atoms with Crippen molar-refractivity contribution < 1.29 is 31.9 Å². The van der Waals surface area contributed by atoms with Gasteiger partial charge in [0.2, 0.25) is 0 Å². The van der Waals surface area contributed by atoms with Crippen LogP contribution in [0, 0.1) is 5.82 Å². The summed E-state index contributed by atoms with van der Waals surface area (Å²) in [6, 6.07) is 2.38. The molecule has 2 aromatic rings. The highest BCUT2D eigenvalue weighted by Gasteiger charge is 2.55. The minimum Gasteiger partial charge on any atom is -0.382 e. The highest BCUT2D eigenvalue weighted by atomic mass is 35.5. The molecule has 26 heavy (non-hydrogen) atoms. The lowest BCUT2D eigenvalue weighted by Crippen LogP contribution is -2.34. The van der Waals surface area contributed by atoms with Crippen molar-refractivity contribution >= 4 is 23.2 Å². The summed E-state index contributed by atoms with van der Waals surface area (Å²) in [6.45, 7) is -0.428. The number of hydrogen-bond donors (Lipinski definition) is 1. The summed E-state index contributed by atoms with van der Waals surface area (Å²) >= 11 is 5.76. The number of hydrogen-bond acceptors (Lipinski definition) is 3. The maximum atomic E-state index is 14.5. The molecule has 1 aromatic carbocycles. The molecule has 1 atom stereocenters. The van der Waals surface area contributed by atoms with Crippen molar-refractivity contribution in [3.8, 4) is 0 Å². The molecule has 10 heteroatoms. The van der Waals surface area contributed by atoms with Crippen molar-refractivity contribution in [1.29, 1.82) is 0 Å². The second-order valence-electron chi connectivity index (χ2n) is 5.65. The lowest BCUT2D eigenvalue weighted by molar-refractivity contribution is -0.142. The molecule has 0 saturated heterocycles. The van der Waals surface area contributed by atoms with Gasteiger partial charge in [0, 0.05) is 18.0 Å². The number of anilines is 1. The summed E-state index contributed by atoms with van der Waals surface area (Å²) < 4.78 is 68.4. The number of halogens is 6. The molecule has 1 amide bonds. The van der Waals surface area contributed by atoms with Crippen LogP contribution >= 0.6 is 11.6 Å². The summed E-state index contributed by atoms with van der Waals surface area (Å²) in [4.78, 5) is 16.5. The molecule has 1 unspecified atom stereocenters. The van der Waals surface area contributed by atoms with Gasteiger partial charge in [-0.15, -0.1) is 0 Å². The van der Waals surface area contributed by atoms with Gasteiger partial charge in [0.15, 0.2) is 0 Å². The van der Waals surface area contributed by atoms with E-state index in [9.17, 15) is 31.9 Å². The fourth-order valence-corrected chi connectivity index (χ4v) is 3.00. The average molecular weight is 393 g/mol. The van der Waals surface area contributed by atoms with Crippen molar-refractivity contribution in [2.24, 2.45) is 0 Å². The number of carbonyl (C=O) groups excluding carboxylic acids is 1. The Balaban J connectivity index is 2.14. The van der Waals surface area contributed by atoms with Crippen molar-refractivity contribution in [2.45, 2.75) is 25.0 Å². The van der Waals surface area contributed by atoms with Gasteiger partial charge >= 0.3 is 11.8 Å². The fraction of sp³-hybridized carbons (Fsp3) is 0.250. The van der Waals surface area contributed by atoms with Crippen LogP contribution in [0.15, 0.2) is 30.6 Å². The fourth-order valence-electron chi connectivity index (χ4n) is 2.80. The number of amides is 1. The summed E-state index contributed by atoms with van der Waals surface area (Å²) in [5, 5.41) is 9.70. The molecule has 3 rings (SSSR count). The largest absolute Gasteiger partial charge is 0.382 e. The highest BCUT2D eigenvalue weighted by Crippen LogP contribution is 2.49. The Kier molecular flexibility index (Phi) is 4.61. The van der Waals surface area contributed by atoms with E-state index in [0.29, 0.717) is 17.0 Å². The first kappa shape index (κ1) is 18.5. The van der Waals surface area contributed by atoms with Crippen LogP contribution in [0.5, 0.6) is 0 Å². The van der Waals surface area contributed by atoms with E-state index in [1.165, 1.54) is 18.5 Å². The van der Waals surface area contributed by atoms with Gasteiger partial charge in [-0.2, -0.15) is 8.78 Å². The van der Waals surface area contributed by atoms with Crippen molar-refractivity contribution in [1.82, 2.24) is 4.98 Å². The Hall–Kier alpha value is -2.26. The number of fused-ring (bicyclic) bond motifs is 1. The van der Waals surface area contributed by atoms with E-state index in [4.69, 9.17) is 11.6 Å². The molecular formula is C16H10ClF5N2O2. The number of rotatable bonds is 4. The highest BCUT2D eigenvalue weighted by molar-refractivity contribution is 6.30. The molecule has 0 fully saturated rings. The van der Waals surface area contributed by atoms with E-state index in [2.05, 4.69) is 4.98 Å². The summed E-state index contributed by atoms with van der Waals surface area (Å²) in [6.07, 6.45) is -3.54. The van der Waals surface area contributed by atoms with Crippen LogP contribution in [0.2, 0.25) is 5.02 Å². The zero-order valence-electron chi connectivity index (χ0n) is 12.8. The molecule has 4 nitrogen and oxygen atoms in total. The zero-order valence-corrected chi connectivity index (χ0v) is 13.5. The van der Waals surface area contributed by atoms with Gasteiger partial charge in [0.25, 0.3) is 6.43 Å². The Morgan fingerprint density at radius 2 is 1.92 bits per heavy atom. The normalized spacial score (nSPS) is 16.9. The van der Waals surface area contributed by atoms with Gasteiger partial charge in [0.1, 0.15) is 11.9 Å². The topological polar surface area (TPSA) is 53.4 Å². The molecule has 2 heterocycles. The molecule has 1 N–H and O–H groups in total. The third-order valence-corrected chi connectivity index (χ3v) is 4.10. The molecule has 1 aliphatic rings. The minimum atomic E-state index is -4.19. The first-order valence-corrected chi connectivity index (χ1v) is 7.60. The maximum Gasteiger partial charge on any atom is 0.352 e. The molecular weight excluding hydrogens is 383 g/mol. The van der Waals surface area contributed by atoms with Crippen LogP contribution in [0.25, 0.3) is 0 Å². The second kappa shape index (κ2) is 6.48. The first-order valence-electron chi connectivity index (χ1n) is 7.22.